The molecule has 1 heterocycles. The van der Waals surface area contributed by atoms with E-state index in [2.05, 4.69) is 106 Å². The van der Waals surface area contributed by atoms with Gasteiger partial charge in [-0.15, -0.1) is 0 Å². The van der Waals surface area contributed by atoms with Gasteiger partial charge >= 0.3 is 0 Å². The molecule has 3 rings (SSSR count). The summed E-state index contributed by atoms with van der Waals surface area (Å²) in [6.07, 6.45) is 8.03. The van der Waals surface area contributed by atoms with Crippen LogP contribution in [0.1, 0.15) is 37.3 Å². The molecule has 130 valence electrons. The van der Waals surface area contributed by atoms with Crippen LogP contribution in [0.15, 0.2) is 72.9 Å². The number of unbranched alkanes of at least 4 members (excludes halogenated alkanes) is 1. The summed E-state index contributed by atoms with van der Waals surface area (Å²) in [6, 6.07) is 21.1. The Morgan fingerprint density at radius 2 is 1.64 bits per heavy atom. The molecule has 2 aromatic carbocycles. The highest BCUT2D eigenvalue weighted by Crippen LogP contribution is 2.28. The topological polar surface area (TPSA) is 24.1 Å². The van der Waals surface area contributed by atoms with Gasteiger partial charge in [0.25, 0.3) is 0 Å². The number of halogens is 1. The van der Waals surface area contributed by atoms with Gasteiger partial charge in [-0.25, -0.2) is 0 Å². The van der Waals surface area contributed by atoms with Crippen molar-refractivity contribution in [1.82, 2.24) is 10.6 Å². The Bertz CT molecular complexity index is 722. The monoisotopic (exact) mass is 396 g/mol. The van der Waals surface area contributed by atoms with Crippen LogP contribution in [-0.4, -0.2) is 11.1 Å². The van der Waals surface area contributed by atoms with E-state index in [-0.39, 0.29) is 6.17 Å². The van der Waals surface area contributed by atoms with E-state index in [0.29, 0.717) is 4.95 Å². The molecule has 2 N–H and O–H groups in total. The lowest BCUT2D eigenvalue weighted by molar-refractivity contribution is 0.514. The van der Waals surface area contributed by atoms with Gasteiger partial charge in [0.15, 0.2) is 0 Å². The van der Waals surface area contributed by atoms with Crippen molar-refractivity contribution in [3.05, 3.63) is 84.1 Å². The van der Waals surface area contributed by atoms with Crippen LogP contribution < -0.4 is 10.6 Å². The molecule has 0 saturated carbocycles. The molecular formula is C22H25BrN2. The minimum atomic E-state index is 0.0936. The molecule has 1 aliphatic rings. The summed E-state index contributed by atoms with van der Waals surface area (Å²) in [5.74, 6) is 0. The maximum atomic E-state index is 3.78. The van der Waals surface area contributed by atoms with Gasteiger partial charge in [-0.1, -0.05) is 96.4 Å². The Hall–Kier alpha value is -1.84. The van der Waals surface area contributed by atoms with Gasteiger partial charge in [-0.2, -0.15) is 0 Å². The van der Waals surface area contributed by atoms with Crippen LogP contribution in [0.4, 0.5) is 0 Å². The van der Waals surface area contributed by atoms with Gasteiger partial charge in [-0.3, -0.25) is 5.32 Å². The fourth-order valence-corrected chi connectivity index (χ4v) is 3.61. The number of rotatable bonds is 7. The van der Waals surface area contributed by atoms with Gasteiger partial charge in [0.1, 0.15) is 6.17 Å². The first-order valence-corrected chi connectivity index (χ1v) is 9.88. The number of dihydropyridines is 1. The number of hydrogen-bond donors (Lipinski definition) is 2. The van der Waals surface area contributed by atoms with E-state index in [0.717, 1.165) is 6.42 Å². The van der Waals surface area contributed by atoms with Gasteiger partial charge in [0.2, 0.25) is 0 Å². The second-order valence-corrected chi connectivity index (χ2v) is 7.41. The number of allylic oxidation sites excluding steroid dienone is 2. The van der Waals surface area contributed by atoms with E-state index in [9.17, 15) is 0 Å². The fourth-order valence-electron chi connectivity index (χ4n) is 3.02. The van der Waals surface area contributed by atoms with Crippen LogP contribution in [0.3, 0.4) is 0 Å². The Labute approximate surface area is 159 Å². The van der Waals surface area contributed by atoms with Crippen LogP contribution in [0.25, 0.3) is 11.1 Å². The summed E-state index contributed by atoms with van der Waals surface area (Å²) in [5, 5.41) is 7.22. The van der Waals surface area contributed by atoms with Crippen molar-refractivity contribution >= 4 is 27.1 Å². The maximum Gasteiger partial charge on any atom is 0.104 e. The lowest BCUT2D eigenvalue weighted by Crippen LogP contribution is -2.45. The van der Waals surface area contributed by atoms with E-state index in [1.807, 2.05) is 0 Å². The first-order chi connectivity index (χ1) is 12.3. The van der Waals surface area contributed by atoms with Crippen molar-refractivity contribution in [2.75, 3.05) is 0 Å². The van der Waals surface area contributed by atoms with Crippen LogP contribution in [-0.2, 0) is 0 Å². The zero-order valence-corrected chi connectivity index (χ0v) is 16.2. The summed E-state index contributed by atoms with van der Waals surface area (Å²) in [4.78, 5) is 0.295. The molecule has 2 atom stereocenters. The predicted octanol–water partition coefficient (Wildman–Crippen LogP) is 5.54. The smallest absolute Gasteiger partial charge is 0.104 e. The Morgan fingerprint density at radius 3 is 2.28 bits per heavy atom. The van der Waals surface area contributed by atoms with Crippen molar-refractivity contribution in [2.24, 2.45) is 0 Å². The Kier molecular flexibility index (Phi) is 6.48. The fraction of sp³-hybridized carbons (Fsp3) is 0.273. The molecule has 1 aliphatic heterocycles. The van der Waals surface area contributed by atoms with E-state index in [4.69, 9.17) is 0 Å². The number of alkyl halides is 1. The highest BCUT2D eigenvalue weighted by molar-refractivity contribution is 9.09. The van der Waals surface area contributed by atoms with Crippen molar-refractivity contribution < 1.29 is 0 Å². The highest BCUT2D eigenvalue weighted by atomic mass is 79.9. The van der Waals surface area contributed by atoms with Gasteiger partial charge < -0.3 is 5.32 Å². The molecule has 0 fully saturated rings. The first-order valence-electron chi connectivity index (χ1n) is 8.96. The summed E-state index contributed by atoms with van der Waals surface area (Å²) < 4.78 is 0. The number of hydrogen-bond acceptors (Lipinski definition) is 2. The molecule has 3 heteroatoms. The largest absolute Gasteiger partial charge is 0.371 e. The van der Waals surface area contributed by atoms with E-state index < -0.39 is 0 Å². The van der Waals surface area contributed by atoms with Crippen molar-refractivity contribution in [3.8, 4) is 0 Å². The van der Waals surface area contributed by atoms with Gasteiger partial charge in [0.05, 0.1) is 4.95 Å². The molecule has 2 nitrogen and oxygen atoms in total. The SMILES string of the molecule is CCCCC(Br)NC1NC=C(c2ccccc2)C=C1c1ccccc1. The van der Waals surface area contributed by atoms with Gasteiger partial charge in [-0.05, 0) is 34.8 Å². The van der Waals surface area contributed by atoms with Crippen LogP contribution in [0.2, 0.25) is 0 Å². The molecule has 0 radical (unpaired) electrons. The minimum absolute atomic E-state index is 0.0936. The molecular weight excluding hydrogens is 372 g/mol. The Balaban J connectivity index is 1.85. The minimum Gasteiger partial charge on any atom is -0.371 e. The molecule has 2 unspecified atom stereocenters. The molecule has 2 aromatic rings. The zero-order chi connectivity index (χ0) is 17.5. The standard InChI is InChI=1S/C22H25BrN2/c1-2-3-14-21(23)25-22-20(18-12-8-5-9-13-18)15-19(16-24-22)17-10-6-4-7-11-17/h4-13,15-16,21-22,24-25H,2-3,14H2,1H3. The van der Waals surface area contributed by atoms with Crippen molar-refractivity contribution in [1.29, 1.82) is 0 Å². The summed E-state index contributed by atoms with van der Waals surface area (Å²) in [6.45, 7) is 2.22. The van der Waals surface area contributed by atoms with Gasteiger partial charge in [0, 0.05) is 6.20 Å². The molecule has 0 spiro atoms. The molecule has 0 aliphatic carbocycles. The molecule has 0 bridgehead atoms. The third-order valence-corrected chi connectivity index (χ3v) is 5.12. The van der Waals surface area contributed by atoms with Crippen molar-refractivity contribution in [3.63, 3.8) is 0 Å². The van der Waals surface area contributed by atoms with Crippen LogP contribution in [0.5, 0.6) is 0 Å². The third kappa shape index (κ3) is 4.83. The van der Waals surface area contributed by atoms with Crippen LogP contribution in [0, 0.1) is 0 Å². The Morgan fingerprint density at radius 1 is 1.00 bits per heavy atom. The second kappa shape index (κ2) is 9.02. The molecule has 0 aromatic heterocycles. The van der Waals surface area contributed by atoms with E-state index in [1.165, 1.54) is 35.1 Å². The normalized spacial score (nSPS) is 18.1. The molecule has 25 heavy (non-hydrogen) atoms. The zero-order valence-electron chi connectivity index (χ0n) is 14.6. The lowest BCUT2D eigenvalue weighted by atomic mass is 9.95. The second-order valence-electron chi connectivity index (χ2n) is 6.31. The average molecular weight is 397 g/mol. The van der Waals surface area contributed by atoms with Crippen LogP contribution >= 0.6 is 15.9 Å². The lowest BCUT2D eigenvalue weighted by Gasteiger charge is -2.29. The molecule has 0 amide bonds. The quantitative estimate of drug-likeness (QED) is 0.473. The average Bonchev–Trinajstić information content (AvgIpc) is 2.68. The molecule has 0 saturated heterocycles. The summed E-state index contributed by atoms with van der Waals surface area (Å²) in [7, 11) is 0. The predicted molar refractivity (Wildman–Crippen MR) is 111 cm³/mol. The first kappa shape index (κ1) is 18.0. The number of nitrogens with one attached hydrogen (secondary N) is 2. The van der Waals surface area contributed by atoms with E-state index >= 15 is 0 Å². The third-order valence-electron chi connectivity index (χ3n) is 4.40. The summed E-state index contributed by atoms with van der Waals surface area (Å²) in [5.41, 5.74) is 4.94. The van der Waals surface area contributed by atoms with E-state index in [1.54, 1.807) is 0 Å². The number of benzene rings is 2. The maximum absolute atomic E-state index is 3.78. The highest BCUT2D eigenvalue weighted by Gasteiger charge is 2.21. The summed E-state index contributed by atoms with van der Waals surface area (Å²) >= 11 is 3.78. The van der Waals surface area contributed by atoms with Crippen molar-refractivity contribution in [2.45, 2.75) is 37.3 Å².